The average Bonchev–Trinajstić information content (AvgIpc) is 2.67. The molecule has 0 N–H and O–H groups in total. The summed E-state index contributed by atoms with van der Waals surface area (Å²) < 4.78 is 4.24. The number of rotatable bonds is 0. The molecule has 2 heteroatoms. The van der Waals surface area contributed by atoms with Crippen LogP contribution >= 0.6 is 0 Å². The van der Waals surface area contributed by atoms with Crippen molar-refractivity contribution in [3.05, 3.63) is 42.7 Å². The van der Waals surface area contributed by atoms with Crippen LogP contribution in [-0.2, 0) is 7.05 Å². The number of aryl methyl sites for hydroxylation is 1. The SMILES string of the molecule is Cn1ccc2c3ccccc3cn21. The highest BCUT2D eigenvalue weighted by molar-refractivity contribution is 5.97. The van der Waals surface area contributed by atoms with Crippen molar-refractivity contribution in [2.24, 2.45) is 7.05 Å². The Kier molecular flexibility index (Phi) is 1.13. The lowest BCUT2D eigenvalue weighted by Crippen LogP contribution is -1.93. The van der Waals surface area contributed by atoms with Crippen molar-refractivity contribution in [2.45, 2.75) is 0 Å². The van der Waals surface area contributed by atoms with E-state index in [0.29, 0.717) is 0 Å². The van der Waals surface area contributed by atoms with E-state index in [2.05, 4.69) is 51.9 Å². The molecule has 3 rings (SSSR count). The number of nitrogens with zero attached hydrogens (tertiary/aromatic N) is 2. The first kappa shape index (κ1) is 6.78. The minimum atomic E-state index is 1.28. The van der Waals surface area contributed by atoms with Gasteiger partial charge in [0.15, 0.2) is 0 Å². The van der Waals surface area contributed by atoms with Crippen LogP contribution in [0.3, 0.4) is 0 Å². The molecule has 2 heterocycles. The van der Waals surface area contributed by atoms with Crippen LogP contribution in [0, 0.1) is 0 Å². The second-order valence-electron chi connectivity index (χ2n) is 3.34. The van der Waals surface area contributed by atoms with E-state index in [1.165, 1.54) is 16.3 Å². The van der Waals surface area contributed by atoms with Gasteiger partial charge in [-0.25, -0.2) is 0 Å². The van der Waals surface area contributed by atoms with E-state index >= 15 is 0 Å². The van der Waals surface area contributed by atoms with Crippen LogP contribution in [-0.4, -0.2) is 9.20 Å². The maximum atomic E-state index is 2.16. The summed E-state index contributed by atoms with van der Waals surface area (Å²) in [6.45, 7) is 0. The molecule has 0 radical (unpaired) electrons. The molecular formula is C11H10N2. The third-order valence-electron chi connectivity index (χ3n) is 2.53. The molecule has 0 saturated heterocycles. The molecule has 0 amide bonds. The highest BCUT2D eigenvalue weighted by atomic mass is 15.3. The van der Waals surface area contributed by atoms with E-state index in [0.717, 1.165) is 0 Å². The van der Waals surface area contributed by atoms with Crippen LogP contribution in [0.5, 0.6) is 0 Å². The Morgan fingerprint density at radius 1 is 1.08 bits per heavy atom. The van der Waals surface area contributed by atoms with Crippen molar-refractivity contribution < 1.29 is 0 Å². The second kappa shape index (κ2) is 2.16. The summed E-state index contributed by atoms with van der Waals surface area (Å²) in [5.41, 5.74) is 1.28. The van der Waals surface area contributed by atoms with Crippen LogP contribution < -0.4 is 0 Å². The Labute approximate surface area is 76.0 Å². The fourth-order valence-electron chi connectivity index (χ4n) is 1.84. The zero-order chi connectivity index (χ0) is 8.84. The Hall–Kier alpha value is -1.70. The maximum absolute atomic E-state index is 2.16. The molecule has 3 aromatic rings. The molecule has 0 atom stereocenters. The normalized spacial score (nSPS) is 11.5. The number of aromatic nitrogens is 2. The van der Waals surface area contributed by atoms with Crippen molar-refractivity contribution in [2.75, 3.05) is 0 Å². The van der Waals surface area contributed by atoms with Gasteiger partial charge in [0.1, 0.15) is 0 Å². The van der Waals surface area contributed by atoms with Gasteiger partial charge in [-0.2, -0.15) is 0 Å². The van der Waals surface area contributed by atoms with Gasteiger partial charge < -0.3 is 0 Å². The Bertz CT molecular complexity index is 572. The molecule has 13 heavy (non-hydrogen) atoms. The highest BCUT2D eigenvalue weighted by Gasteiger charge is 2.02. The quantitative estimate of drug-likeness (QED) is 0.490. The Morgan fingerprint density at radius 3 is 2.85 bits per heavy atom. The molecule has 0 bridgehead atoms. The standard InChI is InChI=1S/C11H10N2/c1-12-7-6-11-10-5-3-2-4-9(10)8-13(11)12/h2-8H,1H3. The van der Waals surface area contributed by atoms with Crippen molar-refractivity contribution in [1.29, 1.82) is 0 Å². The number of hydrogen-bond donors (Lipinski definition) is 0. The predicted molar refractivity (Wildman–Crippen MR) is 53.9 cm³/mol. The molecule has 0 saturated carbocycles. The summed E-state index contributed by atoms with van der Waals surface area (Å²) in [6.07, 6.45) is 4.23. The van der Waals surface area contributed by atoms with E-state index < -0.39 is 0 Å². The first-order valence-corrected chi connectivity index (χ1v) is 4.38. The molecule has 1 aromatic carbocycles. The topological polar surface area (TPSA) is 9.34 Å². The van der Waals surface area contributed by atoms with Gasteiger partial charge in [0.2, 0.25) is 0 Å². The third-order valence-corrected chi connectivity index (χ3v) is 2.53. The van der Waals surface area contributed by atoms with Crippen molar-refractivity contribution in [3.63, 3.8) is 0 Å². The zero-order valence-corrected chi connectivity index (χ0v) is 7.44. The van der Waals surface area contributed by atoms with Crippen LogP contribution in [0.25, 0.3) is 16.3 Å². The van der Waals surface area contributed by atoms with Crippen molar-refractivity contribution >= 4 is 16.3 Å². The number of hydrogen-bond acceptors (Lipinski definition) is 0. The first-order chi connectivity index (χ1) is 6.36. The number of benzene rings is 1. The van der Waals surface area contributed by atoms with E-state index in [-0.39, 0.29) is 0 Å². The van der Waals surface area contributed by atoms with E-state index in [9.17, 15) is 0 Å². The summed E-state index contributed by atoms with van der Waals surface area (Å²) in [6, 6.07) is 10.6. The molecule has 64 valence electrons. The monoisotopic (exact) mass is 170 g/mol. The van der Waals surface area contributed by atoms with Gasteiger partial charge in [-0.05, 0) is 6.07 Å². The van der Waals surface area contributed by atoms with Crippen LogP contribution in [0.2, 0.25) is 0 Å². The van der Waals surface area contributed by atoms with E-state index in [4.69, 9.17) is 0 Å². The van der Waals surface area contributed by atoms with Crippen LogP contribution in [0.15, 0.2) is 42.7 Å². The van der Waals surface area contributed by atoms with Crippen molar-refractivity contribution in [3.8, 4) is 0 Å². The molecule has 0 aliphatic carbocycles. The van der Waals surface area contributed by atoms with Gasteiger partial charge in [-0.15, -0.1) is 0 Å². The lowest BCUT2D eigenvalue weighted by Gasteiger charge is -1.92. The minimum Gasteiger partial charge on any atom is -0.292 e. The summed E-state index contributed by atoms with van der Waals surface area (Å²) in [7, 11) is 2.05. The van der Waals surface area contributed by atoms with Gasteiger partial charge in [0.05, 0.1) is 5.52 Å². The fraction of sp³-hybridized carbons (Fsp3) is 0.0909. The van der Waals surface area contributed by atoms with Crippen LogP contribution in [0.4, 0.5) is 0 Å². The van der Waals surface area contributed by atoms with Gasteiger partial charge in [-0.1, -0.05) is 24.3 Å². The average molecular weight is 170 g/mol. The van der Waals surface area contributed by atoms with Crippen molar-refractivity contribution in [1.82, 2.24) is 9.20 Å². The summed E-state index contributed by atoms with van der Waals surface area (Å²) >= 11 is 0. The summed E-state index contributed by atoms with van der Waals surface area (Å²) in [5.74, 6) is 0. The lowest BCUT2D eigenvalue weighted by atomic mass is 10.2. The van der Waals surface area contributed by atoms with Gasteiger partial charge in [0.25, 0.3) is 0 Å². The molecular weight excluding hydrogens is 160 g/mol. The smallest absolute Gasteiger partial charge is 0.0719 e. The lowest BCUT2D eigenvalue weighted by molar-refractivity contribution is 0.711. The molecule has 0 fully saturated rings. The fourth-order valence-corrected chi connectivity index (χ4v) is 1.84. The van der Waals surface area contributed by atoms with Gasteiger partial charge in [-0.3, -0.25) is 9.20 Å². The number of fused-ring (bicyclic) bond motifs is 3. The second-order valence-corrected chi connectivity index (χ2v) is 3.34. The molecule has 0 aliphatic rings. The Balaban J connectivity index is 2.64. The molecule has 0 spiro atoms. The largest absolute Gasteiger partial charge is 0.292 e. The molecule has 0 unspecified atom stereocenters. The maximum Gasteiger partial charge on any atom is 0.0719 e. The van der Waals surface area contributed by atoms with Gasteiger partial charge >= 0.3 is 0 Å². The molecule has 2 nitrogen and oxygen atoms in total. The van der Waals surface area contributed by atoms with Gasteiger partial charge in [0, 0.05) is 30.2 Å². The Morgan fingerprint density at radius 2 is 1.92 bits per heavy atom. The summed E-state index contributed by atoms with van der Waals surface area (Å²) in [5, 5.41) is 2.62. The molecule has 2 aromatic heterocycles. The third kappa shape index (κ3) is 0.773. The van der Waals surface area contributed by atoms with E-state index in [1.54, 1.807) is 0 Å². The highest BCUT2D eigenvalue weighted by Crippen LogP contribution is 2.21. The summed E-state index contributed by atoms with van der Waals surface area (Å²) in [4.78, 5) is 0. The zero-order valence-electron chi connectivity index (χ0n) is 7.44. The van der Waals surface area contributed by atoms with E-state index in [1.807, 2.05) is 7.05 Å². The molecule has 0 aliphatic heterocycles. The predicted octanol–water partition coefficient (Wildman–Crippen LogP) is 2.43. The van der Waals surface area contributed by atoms with Crippen LogP contribution in [0.1, 0.15) is 0 Å². The minimum absolute atomic E-state index is 1.28. The first-order valence-electron chi connectivity index (χ1n) is 4.38.